The molecule has 0 unspecified atom stereocenters. The van der Waals surface area contributed by atoms with E-state index in [1.54, 1.807) is 29.4 Å². The minimum absolute atomic E-state index is 0.0169. The second-order valence-corrected chi connectivity index (χ2v) is 8.35. The third-order valence-electron chi connectivity index (χ3n) is 6.10. The molecular weight excluding hydrogens is 448 g/mol. The maximum absolute atomic E-state index is 13.2. The van der Waals surface area contributed by atoms with Crippen molar-refractivity contribution in [3.63, 3.8) is 0 Å². The molecule has 8 heteroatoms. The van der Waals surface area contributed by atoms with E-state index >= 15 is 0 Å². The van der Waals surface area contributed by atoms with Gasteiger partial charge in [-0.1, -0.05) is 30.3 Å². The lowest BCUT2D eigenvalue weighted by Gasteiger charge is -2.31. The third kappa shape index (κ3) is 5.95. The van der Waals surface area contributed by atoms with E-state index < -0.39 is 0 Å². The van der Waals surface area contributed by atoms with Crippen LogP contribution in [0, 0.1) is 5.92 Å². The molecule has 0 atom stereocenters. The molecule has 2 heterocycles. The molecule has 0 spiro atoms. The number of nitrogens with one attached hydrogen (secondary N) is 1. The molecule has 8 nitrogen and oxygen atoms in total. The predicted octanol–water partition coefficient (Wildman–Crippen LogP) is 4.04. The maximum Gasteiger partial charge on any atom is 0.254 e. The van der Waals surface area contributed by atoms with Crippen molar-refractivity contribution in [3.05, 3.63) is 77.7 Å². The van der Waals surface area contributed by atoms with Gasteiger partial charge in [0.2, 0.25) is 11.7 Å². The average molecular weight is 479 g/mol. The lowest BCUT2D eigenvalue weighted by atomic mass is 9.95. The van der Waals surface area contributed by atoms with Crippen LogP contribution in [0.5, 0.6) is 17.2 Å². The lowest BCUT2D eigenvalue weighted by Crippen LogP contribution is -2.42. The van der Waals surface area contributed by atoms with Crippen LogP contribution in [0.25, 0.3) is 0 Å². The zero-order chi connectivity index (χ0) is 24.6. The smallest absolute Gasteiger partial charge is 0.254 e. The van der Waals surface area contributed by atoms with Crippen molar-refractivity contribution in [3.8, 4) is 17.2 Å². The van der Waals surface area contributed by atoms with Crippen LogP contribution in [-0.2, 0) is 17.9 Å². The maximum atomic E-state index is 13.2. The molecule has 1 saturated heterocycles. The first-order valence-electron chi connectivity index (χ1n) is 11.6. The van der Waals surface area contributed by atoms with Gasteiger partial charge in [-0.15, -0.1) is 0 Å². The van der Waals surface area contributed by atoms with Gasteiger partial charge in [-0.05, 0) is 42.7 Å². The summed E-state index contributed by atoms with van der Waals surface area (Å²) in [5.41, 5.74) is 1.46. The highest BCUT2D eigenvalue weighted by Gasteiger charge is 2.29. The Kier molecular flexibility index (Phi) is 7.92. The number of methoxy groups -OCH3 is 2. The molecule has 4 rings (SSSR count). The number of hydrogen-bond acceptors (Lipinski definition) is 6. The Morgan fingerprint density at radius 2 is 1.69 bits per heavy atom. The van der Waals surface area contributed by atoms with Crippen LogP contribution in [0.2, 0.25) is 0 Å². The van der Waals surface area contributed by atoms with E-state index in [0.29, 0.717) is 67.7 Å². The van der Waals surface area contributed by atoms with E-state index in [1.807, 2.05) is 36.4 Å². The Balaban J connectivity index is 1.38. The van der Waals surface area contributed by atoms with Gasteiger partial charge in [0.05, 0.1) is 27.0 Å². The first kappa shape index (κ1) is 24.2. The van der Waals surface area contributed by atoms with Crippen molar-refractivity contribution in [1.82, 2.24) is 10.2 Å². The summed E-state index contributed by atoms with van der Waals surface area (Å²) < 4.78 is 22.3. The number of carbonyl (C=O) groups is 2. The standard InChI is InChI=1S/C27H30N2O6/c1-32-23-15-21(16-24(33-2)25(23)35-18-19-7-4-3-5-8-19)27(31)29-12-10-20(11-13-29)26(30)28-17-22-9-6-14-34-22/h3-9,14-16,20H,10-13,17-18H2,1-2H3,(H,28,30). The van der Waals surface area contributed by atoms with Crippen LogP contribution in [0.3, 0.4) is 0 Å². The Morgan fingerprint density at radius 1 is 1.00 bits per heavy atom. The first-order chi connectivity index (χ1) is 17.1. The number of carbonyl (C=O) groups excluding carboxylic acids is 2. The van der Waals surface area contributed by atoms with Gasteiger partial charge >= 0.3 is 0 Å². The van der Waals surface area contributed by atoms with Crippen LogP contribution in [-0.4, -0.2) is 44.0 Å². The summed E-state index contributed by atoms with van der Waals surface area (Å²) in [4.78, 5) is 27.5. The Bertz CT molecular complexity index is 1100. The topological polar surface area (TPSA) is 90.2 Å². The van der Waals surface area contributed by atoms with Gasteiger partial charge < -0.3 is 28.8 Å². The quantitative estimate of drug-likeness (QED) is 0.499. The molecule has 0 bridgehead atoms. The SMILES string of the molecule is COc1cc(C(=O)N2CCC(C(=O)NCc3ccco3)CC2)cc(OC)c1OCc1ccccc1. The highest BCUT2D eigenvalue weighted by molar-refractivity contribution is 5.96. The van der Waals surface area contributed by atoms with Crippen molar-refractivity contribution >= 4 is 11.8 Å². The van der Waals surface area contributed by atoms with Gasteiger partial charge in [0.25, 0.3) is 5.91 Å². The van der Waals surface area contributed by atoms with Crippen molar-refractivity contribution in [2.45, 2.75) is 26.0 Å². The molecule has 3 aromatic rings. The van der Waals surface area contributed by atoms with Gasteiger partial charge in [0.1, 0.15) is 12.4 Å². The highest BCUT2D eigenvalue weighted by Crippen LogP contribution is 2.39. The van der Waals surface area contributed by atoms with Crippen molar-refractivity contribution in [2.24, 2.45) is 5.92 Å². The predicted molar refractivity (Wildman–Crippen MR) is 130 cm³/mol. The van der Waals surface area contributed by atoms with Gasteiger partial charge in [0, 0.05) is 24.6 Å². The fourth-order valence-electron chi connectivity index (χ4n) is 4.13. The molecule has 0 aliphatic carbocycles. The lowest BCUT2D eigenvalue weighted by molar-refractivity contribution is -0.126. The fraction of sp³-hybridized carbons (Fsp3) is 0.333. The zero-order valence-electron chi connectivity index (χ0n) is 20.0. The molecule has 35 heavy (non-hydrogen) atoms. The third-order valence-corrected chi connectivity index (χ3v) is 6.10. The summed E-state index contributed by atoms with van der Waals surface area (Å²) in [6.45, 7) is 1.70. The van der Waals surface area contributed by atoms with Gasteiger partial charge in [0.15, 0.2) is 11.5 Å². The molecule has 2 amide bonds. The van der Waals surface area contributed by atoms with Crippen LogP contribution in [0.15, 0.2) is 65.3 Å². The number of nitrogens with zero attached hydrogens (tertiary/aromatic N) is 1. The van der Waals surface area contributed by atoms with E-state index in [9.17, 15) is 9.59 Å². The average Bonchev–Trinajstić information content (AvgIpc) is 3.44. The van der Waals surface area contributed by atoms with Gasteiger partial charge in [-0.2, -0.15) is 0 Å². The molecule has 0 radical (unpaired) electrons. The number of ether oxygens (including phenoxy) is 3. The number of furan rings is 1. The summed E-state index contributed by atoms with van der Waals surface area (Å²) in [7, 11) is 3.07. The molecule has 1 aromatic heterocycles. The second kappa shape index (κ2) is 11.5. The van der Waals surface area contributed by atoms with Crippen LogP contribution < -0.4 is 19.5 Å². The van der Waals surface area contributed by atoms with Crippen LogP contribution in [0.4, 0.5) is 0 Å². The fourth-order valence-corrected chi connectivity index (χ4v) is 4.13. The van der Waals surface area contributed by atoms with Gasteiger partial charge in [-0.3, -0.25) is 9.59 Å². The van der Waals surface area contributed by atoms with E-state index in [-0.39, 0.29) is 17.7 Å². The Labute approximate surface area is 204 Å². The molecule has 0 saturated carbocycles. The molecule has 1 fully saturated rings. The zero-order valence-corrected chi connectivity index (χ0v) is 20.0. The van der Waals surface area contributed by atoms with Gasteiger partial charge in [-0.25, -0.2) is 0 Å². The molecule has 1 aliphatic rings. The normalized spacial score (nSPS) is 13.8. The molecule has 1 N–H and O–H groups in total. The van der Waals surface area contributed by atoms with E-state index in [0.717, 1.165) is 5.56 Å². The Hall–Kier alpha value is -3.94. The van der Waals surface area contributed by atoms with Crippen LogP contribution >= 0.6 is 0 Å². The summed E-state index contributed by atoms with van der Waals surface area (Å²) in [5.74, 6) is 1.73. The molecule has 2 aromatic carbocycles. The van der Waals surface area contributed by atoms with E-state index in [4.69, 9.17) is 18.6 Å². The highest BCUT2D eigenvalue weighted by atomic mass is 16.5. The van der Waals surface area contributed by atoms with Crippen molar-refractivity contribution in [1.29, 1.82) is 0 Å². The Morgan fingerprint density at radius 3 is 2.29 bits per heavy atom. The summed E-state index contributed by atoms with van der Waals surface area (Å²) in [6, 6.07) is 16.7. The second-order valence-electron chi connectivity index (χ2n) is 8.35. The number of rotatable bonds is 9. The minimum atomic E-state index is -0.134. The number of hydrogen-bond donors (Lipinski definition) is 1. The molecular formula is C27H30N2O6. The number of benzene rings is 2. The van der Waals surface area contributed by atoms with Crippen molar-refractivity contribution in [2.75, 3.05) is 27.3 Å². The summed E-state index contributed by atoms with van der Waals surface area (Å²) in [6.07, 6.45) is 2.78. The summed E-state index contributed by atoms with van der Waals surface area (Å²) >= 11 is 0. The largest absolute Gasteiger partial charge is 0.493 e. The minimum Gasteiger partial charge on any atom is -0.493 e. The number of piperidine rings is 1. The molecule has 184 valence electrons. The van der Waals surface area contributed by atoms with Crippen molar-refractivity contribution < 1.29 is 28.2 Å². The summed E-state index contributed by atoms with van der Waals surface area (Å²) in [5, 5.41) is 2.91. The van der Waals surface area contributed by atoms with Crippen LogP contribution in [0.1, 0.15) is 34.5 Å². The van der Waals surface area contributed by atoms with E-state index in [1.165, 1.54) is 14.2 Å². The number of amides is 2. The first-order valence-corrected chi connectivity index (χ1v) is 11.6. The number of likely N-dealkylation sites (tertiary alicyclic amines) is 1. The monoisotopic (exact) mass is 478 g/mol. The van der Waals surface area contributed by atoms with E-state index in [2.05, 4.69) is 5.32 Å². The molecule has 1 aliphatic heterocycles.